The lowest BCUT2D eigenvalue weighted by Gasteiger charge is -2.33. The number of hydrogen-bond donors (Lipinski definition) is 2. The molecule has 0 spiro atoms. The summed E-state index contributed by atoms with van der Waals surface area (Å²) in [5.74, 6) is 0.824. The van der Waals surface area contributed by atoms with Gasteiger partial charge in [-0.25, -0.2) is 8.78 Å². The summed E-state index contributed by atoms with van der Waals surface area (Å²) in [5, 5.41) is 15.8. The lowest BCUT2D eigenvalue weighted by Crippen LogP contribution is -2.36. The van der Waals surface area contributed by atoms with Crippen molar-refractivity contribution in [1.82, 2.24) is 24.9 Å². The number of fused-ring (bicyclic) bond motifs is 2. The van der Waals surface area contributed by atoms with Gasteiger partial charge in [0.1, 0.15) is 0 Å². The summed E-state index contributed by atoms with van der Waals surface area (Å²) in [5.41, 5.74) is 4.65. The number of nitrogens with one attached hydrogen (secondary N) is 2. The van der Waals surface area contributed by atoms with Crippen LogP contribution in [0.15, 0.2) is 18.3 Å². The van der Waals surface area contributed by atoms with Crippen LogP contribution in [-0.4, -0.2) is 72.0 Å². The van der Waals surface area contributed by atoms with E-state index in [1.165, 1.54) is 5.69 Å². The Morgan fingerprint density at radius 3 is 2.61 bits per heavy atom. The zero-order valence-electron chi connectivity index (χ0n) is 22.4. The Bertz CT molecular complexity index is 1250. The highest BCUT2D eigenvalue weighted by molar-refractivity contribution is 6.09. The Morgan fingerprint density at radius 2 is 1.95 bits per heavy atom. The van der Waals surface area contributed by atoms with Crippen LogP contribution in [0.3, 0.4) is 0 Å². The SMILES string of the molecule is CN/C=C(\C=N)c1cc2c(cc1C(F)F)N(c1nn(C3CCN(C)CC3)c3c1CN(C(C)=O)CC3)CCC2. The van der Waals surface area contributed by atoms with Crippen molar-refractivity contribution in [2.24, 2.45) is 0 Å². The van der Waals surface area contributed by atoms with Gasteiger partial charge in [-0.15, -0.1) is 0 Å². The first kappa shape index (κ1) is 26.3. The number of alkyl halides is 2. The predicted molar refractivity (Wildman–Crippen MR) is 145 cm³/mol. The molecule has 1 aromatic carbocycles. The number of likely N-dealkylation sites (tertiary alicyclic amines) is 1. The Hall–Kier alpha value is -3.27. The summed E-state index contributed by atoms with van der Waals surface area (Å²) in [6.45, 7) is 5.45. The van der Waals surface area contributed by atoms with E-state index in [4.69, 9.17) is 10.5 Å². The van der Waals surface area contributed by atoms with Gasteiger partial charge in [-0.3, -0.25) is 9.48 Å². The first-order chi connectivity index (χ1) is 18.3. The molecule has 1 saturated heterocycles. The van der Waals surface area contributed by atoms with Crippen LogP contribution in [0.4, 0.5) is 20.3 Å². The fourth-order valence-corrected chi connectivity index (χ4v) is 6.11. The van der Waals surface area contributed by atoms with Crippen LogP contribution >= 0.6 is 0 Å². The number of amides is 1. The minimum atomic E-state index is -2.68. The topological polar surface area (TPSA) is 80.5 Å². The van der Waals surface area contributed by atoms with Crippen LogP contribution < -0.4 is 10.2 Å². The van der Waals surface area contributed by atoms with Crippen LogP contribution in [0.2, 0.25) is 0 Å². The van der Waals surface area contributed by atoms with Gasteiger partial charge in [-0.2, -0.15) is 5.10 Å². The lowest BCUT2D eigenvalue weighted by molar-refractivity contribution is -0.129. The van der Waals surface area contributed by atoms with Gasteiger partial charge in [0.15, 0.2) is 5.82 Å². The summed E-state index contributed by atoms with van der Waals surface area (Å²) in [6.07, 6.45) is 4.41. The number of allylic oxidation sites excluding steroid dienone is 1. The van der Waals surface area contributed by atoms with E-state index in [0.717, 1.165) is 74.0 Å². The second-order valence-electron chi connectivity index (χ2n) is 10.6. The molecule has 204 valence electrons. The Labute approximate surface area is 222 Å². The first-order valence-electron chi connectivity index (χ1n) is 13.5. The van der Waals surface area contributed by atoms with E-state index < -0.39 is 6.43 Å². The monoisotopic (exact) mass is 525 g/mol. The maximum absolute atomic E-state index is 14.3. The summed E-state index contributed by atoms with van der Waals surface area (Å²) in [4.78, 5) is 18.6. The highest BCUT2D eigenvalue weighted by Crippen LogP contribution is 2.42. The molecule has 1 fully saturated rings. The average Bonchev–Trinajstić information content (AvgIpc) is 3.29. The van der Waals surface area contributed by atoms with Crippen molar-refractivity contribution in [1.29, 1.82) is 5.41 Å². The van der Waals surface area contributed by atoms with Gasteiger partial charge in [-0.1, -0.05) is 0 Å². The predicted octanol–water partition coefficient (Wildman–Crippen LogP) is 4.29. The van der Waals surface area contributed by atoms with Gasteiger partial charge >= 0.3 is 0 Å². The Morgan fingerprint density at radius 1 is 1.18 bits per heavy atom. The standard InChI is InChI=1S/C28H37F2N7O/c1-18(38)35-12-8-25-24(17-35)28(33-37(25)21-6-10-34(3)11-7-21)36-9-4-5-19-13-22(20(15-31)16-32-2)23(27(29)30)14-26(19)36/h13-16,21,27,31-32H,4-12,17H2,1-3H3/b20-16+,31-15?. The van der Waals surface area contributed by atoms with Crippen LogP contribution in [-0.2, 0) is 24.2 Å². The molecule has 2 N–H and O–H groups in total. The first-order valence-corrected chi connectivity index (χ1v) is 13.5. The average molecular weight is 526 g/mol. The van der Waals surface area contributed by atoms with Crippen molar-refractivity contribution in [3.05, 3.63) is 46.3 Å². The second-order valence-corrected chi connectivity index (χ2v) is 10.6. The highest BCUT2D eigenvalue weighted by atomic mass is 19.3. The van der Waals surface area contributed by atoms with Crippen molar-refractivity contribution in [2.75, 3.05) is 45.2 Å². The minimum absolute atomic E-state index is 0.0350. The quantitative estimate of drug-likeness (QED) is 0.550. The molecule has 3 aliphatic rings. The van der Waals surface area contributed by atoms with Gasteiger partial charge in [0.25, 0.3) is 6.43 Å². The van der Waals surface area contributed by atoms with E-state index in [2.05, 4.69) is 26.8 Å². The molecule has 0 unspecified atom stereocenters. The number of carbonyl (C=O) groups excluding carboxylic acids is 1. The minimum Gasteiger partial charge on any atom is -0.393 e. The largest absolute Gasteiger partial charge is 0.393 e. The number of nitrogens with zero attached hydrogens (tertiary/aromatic N) is 5. The number of aromatic nitrogens is 2. The van der Waals surface area contributed by atoms with Gasteiger partial charge < -0.3 is 25.4 Å². The van der Waals surface area contributed by atoms with Crippen molar-refractivity contribution < 1.29 is 13.6 Å². The third kappa shape index (κ3) is 4.81. The molecule has 1 amide bonds. The van der Waals surface area contributed by atoms with E-state index in [9.17, 15) is 13.6 Å². The molecule has 38 heavy (non-hydrogen) atoms. The molecular weight excluding hydrogens is 488 g/mol. The van der Waals surface area contributed by atoms with Crippen LogP contribution in [0.25, 0.3) is 5.57 Å². The van der Waals surface area contributed by atoms with Gasteiger partial charge in [-0.05, 0) is 69.1 Å². The zero-order chi connectivity index (χ0) is 27.0. The van der Waals surface area contributed by atoms with Crippen molar-refractivity contribution in [3.63, 3.8) is 0 Å². The fourth-order valence-electron chi connectivity index (χ4n) is 6.11. The Kier molecular flexibility index (Phi) is 7.52. The number of piperidine rings is 1. The van der Waals surface area contributed by atoms with Crippen molar-refractivity contribution in [3.8, 4) is 0 Å². The lowest BCUT2D eigenvalue weighted by atomic mass is 9.92. The highest BCUT2D eigenvalue weighted by Gasteiger charge is 2.34. The van der Waals surface area contributed by atoms with E-state index in [1.807, 2.05) is 11.0 Å². The molecule has 0 aliphatic carbocycles. The molecule has 0 bridgehead atoms. The van der Waals surface area contributed by atoms with E-state index in [0.29, 0.717) is 36.8 Å². The summed E-state index contributed by atoms with van der Waals surface area (Å²) in [7, 11) is 3.83. The van der Waals surface area contributed by atoms with Crippen molar-refractivity contribution >= 4 is 29.2 Å². The fraction of sp³-hybridized carbons (Fsp3) is 0.536. The maximum Gasteiger partial charge on any atom is 0.264 e. The number of hydrogen-bond acceptors (Lipinski definition) is 6. The van der Waals surface area contributed by atoms with Crippen LogP contribution in [0, 0.1) is 5.41 Å². The molecule has 10 heteroatoms. The number of aryl methyl sites for hydroxylation is 1. The number of carbonyl (C=O) groups is 1. The van der Waals surface area contributed by atoms with Gasteiger partial charge in [0.2, 0.25) is 5.91 Å². The molecule has 0 atom stereocenters. The van der Waals surface area contributed by atoms with E-state index in [-0.39, 0.29) is 11.5 Å². The van der Waals surface area contributed by atoms with Gasteiger partial charge in [0.05, 0.1) is 12.6 Å². The number of halogens is 2. The molecule has 5 rings (SSSR count). The van der Waals surface area contributed by atoms with Gasteiger partial charge in [0, 0.05) is 74.0 Å². The molecule has 8 nitrogen and oxygen atoms in total. The summed E-state index contributed by atoms with van der Waals surface area (Å²) < 4.78 is 30.9. The summed E-state index contributed by atoms with van der Waals surface area (Å²) >= 11 is 0. The number of benzene rings is 1. The van der Waals surface area contributed by atoms with E-state index in [1.54, 1.807) is 26.2 Å². The third-order valence-corrected chi connectivity index (χ3v) is 8.17. The van der Waals surface area contributed by atoms with Crippen LogP contribution in [0.5, 0.6) is 0 Å². The molecule has 0 radical (unpaired) electrons. The molecule has 4 heterocycles. The molecule has 0 saturated carbocycles. The molecular formula is C28H37F2N7O. The summed E-state index contributed by atoms with van der Waals surface area (Å²) in [6, 6.07) is 3.70. The second kappa shape index (κ2) is 10.8. The van der Waals surface area contributed by atoms with Crippen LogP contribution in [0.1, 0.15) is 66.6 Å². The molecule has 1 aromatic heterocycles. The molecule has 3 aliphatic heterocycles. The zero-order valence-corrected chi connectivity index (χ0v) is 22.4. The number of anilines is 2. The van der Waals surface area contributed by atoms with E-state index >= 15 is 0 Å². The normalized spacial score (nSPS) is 18.9. The Balaban J connectivity index is 1.62. The molecule has 2 aromatic rings. The smallest absolute Gasteiger partial charge is 0.264 e. The van der Waals surface area contributed by atoms with Crippen molar-refractivity contribution in [2.45, 2.75) is 58.0 Å². The number of rotatable bonds is 6. The third-order valence-electron chi connectivity index (χ3n) is 8.17. The maximum atomic E-state index is 14.3.